The molecule has 0 spiro atoms. The molecule has 30 heavy (non-hydrogen) atoms. The van der Waals surface area contributed by atoms with Crippen molar-refractivity contribution in [2.24, 2.45) is 0 Å². The van der Waals surface area contributed by atoms with Gasteiger partial charge >= 0.3 is 0 Å². The summed E-state index contributed by atoms with van der Waals surface area (Å²) in [7, 11) is 0. The van der Waals surface area contributed by atoms with E-state index < -0.39 is 0 Å². The molecule has 0 fully saturated rings. The van der Waals surface area contributed by atoms with Gasteiger partial charge in [-0.25, -0.2) is 0 Å². The Morgan fingerprint density at radius 3 is 2.67 bits per heavy atom. The average molecular weight is 421 g/mol. The second-order valence-corrected chi connectivity index (χ2v) is 8.86. The lowest BCUT2D eigenvalue weighted by Crippen LogP contribution is -2.28. The highest BCUT2D eigenvalue weighted by Gasteiger charge is 2.16. The first-order valence-corrected chi connectivity index (χ1v) is 11.6. The standard InChI is InChI=1S/C24H28N4OS/c1-17(21-13-12-20-10-6-7-11-22(20)14-21)25-23(29)16-30-24-27-26-18(2)28(24)15-19-8-4-3-5-9-19/h3-5,8-9,12-14,17H,6-7,10-11,15-16H2,1-2H3,(H,25,29). The monoisotopic (exact) mass is 420 g/mol. The number of benzene rings is 2. The molecule has 0 saturated heterocycles. The summed E-state index contributed by atoms with van der Waals surface area (Å²) in [5.74, 6) is 1.18. The summed E-state index contributed by atoms with van der Waals surface area (Å²) >= 11 is 1.43. The molecule has 0 aliphatic heterocycles. The fourth-order valence-corrected chi connectivity index (χ4v) is 4.73. The first-order valence-electron chi connectivity index (χ1n) is 10.6. The van der Waals surface area contributed by atoms with E-state index in [4.69, 9.17) is 0 Å². The van der Waals surface area contributed by atoms with Gasteiger partial charge in [0.25, 0.3) is 0 Å². The molecule has 1 aromatic heterocycles. The molecule has 1 atom stereocenters. The average Bonchev–Trinajstić information content (AvgIpc) is 3.12. The van der Waals surface area contributed by atoms with E-state index in [2.05, 4.69) is 57.3 Å². The van der Waals surface area contributed by atoms with Crippen LogP contribution in [-0.2, 0) is 24.2 Å². The number of hydrogen-bond donors (Lipinski definition) is 1. The number of aromatic nitrogens is 3. The van der Waals surface area contributed by atoms with Gasteiger partial charge in [0.1, 0.15) is 5.82 Å². The smallest absolute Gasteiger partial charge is 0.230 e. The minimum atomic E-state index is -0.00532. The van der Waals surface area contributed by atoms with Crippen molar-refractivity contribution in [3.8, 4) is 0 Å². The molecule has 5 nitrogen and oxygen atoms in total. The second kappa shape index (κ2) is 9.47. The number of rotatable bonds is 7. The van der Waals surface area contributed by atoms with Gasteiger partial charge in [0.15, 0.2) is 5.16 Å². The van der Waals surface area contributed by atoms with Crippen LogP contribution in [0.2, 0.25) is 0 Å². The summed E-state index contributed by atoms with van der Waals surface area (Å²) in [5.41, 5.74) is 5.27. The maximum Gasteiger partial charge on any atom is 0.230 e. The van der Waals surface area contributed by atoms with E-state index in [-0.39, 0.29) is 11.9 Å². The maximum absolute atomic E-state index is 12.6. The van der Waals surface area contributed by atoms with E-state index in [1.807, 2.05) is 25.1 Å². The van der Waals surface area contributed by atoms with Crippen LogP contribution in [-0.4, -0.2) is 26.4 Å². The molecule has 0 bridgehead atoms. The zero-order chi connectivity index (χ0) is 20.9. The summed E-state index contributed by atoms with van der Waals surface area (Å²) in [6.07, 6.45) is 4.87. The Labute approximate surface area is 182 Å². The summed E-state index contributed by atoms with van der Waals surface area (Å²) < 4.78 is 2.06. The topological polar surface area (TPSA) is 59.8 Å². The van der Waals surface area contributed by atoms with Crippen LogP contribution in [0.1, 0.15) is 53.9 Å². The fraction of sp³-hybridized carbons (Fsp3) is 0.375. The lowest BCUT2D eigenvalue weighted by atomic mass is 9.89. The van der Waals surface area contributed by atoms with Crippen molar-refractivity contribution in [2.75, 3.05) is 5.75 Å². The van der Waals surface area contributed by atoms with E-state index in [1.54, 1.807) is 0 Å². The molecule has 3 aromatic rings. The van der Waals surface area contributed by atoms with Crippen molar-refractivity contribution in [1.29, 1.82) is 0 Å². The van der Waals surface area contributed by atoms with Gasteiger partial charge in [0.2, 0.25) is 5.91 Å². The molecule has 1 aliphatic rings. The molecular weight excluding hydrogens is 392 g/mol. The van der Waals surface area contributed by atoms with Crippen LogP contribution >= 0.6 is 11.8 Å². The third-order valence-corrected chi connectivity index (χ3v) is 6.63. The molecule has 1 aliphatic carbocycles. The third-order valence-electron chi connectivity index (χ3n) is 5.67. The molecule has 0 radical (unpaired) electrons. The molecule has 1 amide bonds. The molecule has 156 valence electrons. The van der Waals surface area contributed by atoms with Crippen LogP contribution in [0.25, 0.3) is 0 Å². The third kappa shape index (κ3) is 4.93. The Hall–Kier alpha value is -2.60. The molecule has 1 unspecified atom stereocenters. The summed E-state index contributed by atoms with van der Waals surface area (Å²) in [4.78, 5) is 12.6. The predicted molar refractivity (Wildman–Crippen MR) is 121 cm³/mol. The highest BCUT2D eigenvalue weighted by atomic mass is 32.2. The summed E-state index contributed by atoms with van der Waals surface area (Å²) in [6, 6.07) is 16.9. The Balaban J connectivity index is 1.35. The SMILES string of the molecule is Cc1nnc(SCC(=O)NC(C)c2ccc3c(c2)CCCC3)n1Cc1ccccc1. The van der Waals surface area contributed by atoms with Crippen LogP contribution < -0.4 is 5.32 Å². The quantitative estimate of drug-likeness (QED) is 0.573. The molecule has 1 heterocycles. The van der Waals surface area contributed by atoms with Crippen LogP contribution in [0.15, 0.2) is 53.7 Å². The van der Waals surface area contributed by atoms with Gasteiger partial charge in [-0.15, -0.1) is 10.2 Å². The predicted octanol–water partition coefficient (Wildman–Crippen LogP) is 4.48. The number of carbonyl (C=O) groups excluding carboxylic acids is 1. The molecule has 1 N–H and O–H groups in total. The normalized spacial score (nSPS) is 14.2. The lowest BCUT2D eigenvalue weighted by molar-refractivity contribution is -0.119. The summed E-state index contributed by atoms with van der Waals surface area (Å²) in [5, 5.41) is 12.4. The first-order chi connectivity index (χ1) is 14.6. The molecule has 6 heteroatoms. The Bertz CT molecular complexity index is 1020. The van der Waals surface area contributed by atoms with Crippen molar-refractivity contribution in [3.05, 3.63) is 76.6 Å². The number of thioether (sulfide) groups is 1. The highest BCUT2D eigenvalue weighted by molar-refractivity contribution is 7.99. The number of fused-ring (bicyclic) bond motifs is 1. The van der Waals surface area contributed by atoms with Gasteiger partial charge in [0, 0.05) is 0 Å². The van der Waals surface area contributed by atoms with Crippen molar-refractivity contribution >= 4 is 17.7 Å². The van der Waals surface area contributed by atoms with Gasteiger partial charge in [-0.3, -0.25) is 4.79 Å². The van der Waals surface area contributed by atoms with Crippen molar-refractivity contribution in [2.45, 2.75) is 57.3 Å². The summed E-state index contributed by atoms with van der Waals surface area (Å²) in [6.45, 7) is 4.70. The van der Waals surface area contributed by atoms with Crippen LogP contribution in [0.3, 0.4) is 0 Å². The Morgan fingerprint density at radius 2 is 1.87 bits per heavy atom. The van der Waals surface area contributed by atoms with Gasteiger partial charge < -0.3 is 9.88 Å². The van der Waals surface area contributed by atoms with Gasteiger partial charge in [-0.1, -0.05) is 60.3 Å². The highest BCUT2D eigenvalue weighted by Crippen LogP contribution is 2.25. The zero-order valence-electron chi connectivity index (χ0n) is 17.6. The van der Waals surface area contributed by atoms with Crippen LogP contribution in [0, 0.1) is 6.92 Å². The second-order valence-electron chi connectivity index (χ2n) is 7.91. The van der Waals surface area contributed by atoms with E-state index in [9.17, 15) is 4.79 Å². The van der Waals surface area contributed by atoms with Gasteiger partial charge in [0.05, 0.1) is 18.3 Å². The Morgan fingerprint density at radius 1 is 1.10 bits per heavy atom. The molecule has 2 aromatic carbocycles. The van der Waals surface area contributed by atoms with Gasteiger partial charge in [-0.2, -0.15) is 0 Å². The zero-order valence-corrected chi connectivity index (χ0v) is 18.4. The number of amides is 1. The first kappa shape index (κ1) is 20.7. The number of nitrogens with one attached hydrogen (secondary N) is 1. The van der Waals surface area contributed by atoms with Crippen molar-refractivity contribution < 1.29 is 4.79 Å². The van der Waals surface area contributed by atoms with Crippen molar-refractivity contribution in [1.82, 2.24) is 20.1 Å². The van der Waals surface area contributed by atoms with Crippen LogP contribution in [0.5, 0.6) is 0 Å². The largest absolute Gasteiger partial charge is 0.349 e. The molecular formula is C24H28N4OS. The van der Waals surface area contributed by atoms with Crippen LogP contribution in [0.4, 0.5) is 0 Å². The van der Waals surface area contributed by atoms with E-state index in [1.165, 1.54) is 53.3 Å². The Kier molecular flexibility index (Phi) is 6.53. The number of carbonyl (C=O) groups is 1. The lowest BCUT2D eigenvalue weighted by Gasteiger charge is -2.20. The maximum atomic E-state index is 12.6. The number of nitrogens with zero attached hydrogens (tertiary/aromatic N) is 3. The van der Waals surface area contributed by atoms with E-state index >= 15 is 0 Å². The van der Waals surface area contributed by atoms with E-state index in [0.717, 1.165) is 17.4 Å². The molecule has 4 rings (SSSR count). The van der Waals surface area contributed by atoms with E-state index in [0.29, 0.717) is 12.3 Å². The number of aryl methyl sites for hydroxylation is 3. The fourth-order valence-electron chi connectivity index (χ4n) is 3.94. The minimum absolute atomic E-state index is 0.00532. The van der Waals surface area contributed by atoms with Crippen molar-refractivity contribution in [3.63, 3.8) is 0 Å². The number of hydrogen-bond acceptors (Lipinski definition) is 4. The minimum Gasteiger partial charge on any atom is -0.349 e. The van der Waals surface area contributed by atoms with Gasteiger partial charge in [-0.05, 0) is 61.8 Å². The molecule has 0 saturated carbocycles.